The Balaban J connectivity index is 0.00000210. The zero-order valence-corrected chi connectivity index (χ0v) is 18.4. The van der Waals surface area contributed by atoms with Gasteiger partial charge in [0.05, 0.1) is 0 Å². The minimum atomic E-state index is 0. The van der Waals surface area contributed by atoms with Gasteiger partial charge in [-0.15, -0.1) is 0 Å². The summed E-state index contributed by atoms with van der Waals surface area (Å²) < 4.78 is 2.86. The molecular formula is C22H25ClN3Se. The molecule has 1 aliphatic heterocycles. The smallest absolute Gasteiger partial charge is 1.00 e. The molecule has 1 heterocycles. The predicted octanol–water partition coefficient (Wildman–Crippen LogP) is 0.834. The first kappa shape index (κ1) is 19.9. The summed E-state index contributed by atoms with van der Waals surface area (Å²) in [4.78, 5) is 2.41. The number of benzene rings is 3. The van der Waals surface area contributed by atoms with E-state index in [2.05, 4.69) is 84.8 Å². The average molecular weight is 446 g/mol. The molecule has 0 fully saturated rings. The van der Waals surface area contributed by atoms with E-state index in [9.17, 15) is 0 Å². The molecule has 0 bridgehead atoms. The normalized spacial score (nSPS) is 11.8. The van der Waals surface area contributed by atoms with E-state index in [1.165, 1.54) is 42.4 Å². The Kier molecular flexibility index (Phi) is 6.21. The maximum Gasteiger partial charge on any atom is -1.00 e. The Morgan fingerprint density at radius 2 is 1.67 bits per heavy atom. The van der Waals surface area contributed by atoms with Crippen LogP contribution in [0.1, 0.15) is 20.8 Å². The molecule has 0 unspecified atom stereocenters. The summed E-state index contributed by atoms with van der Waals surface area (Å²) in [7, 11) is 0. The average Bonchev–Trinajstić information content (AvgIpc) is 2.68. The van der Waals surface area contributed by atoms with Crippen LogP contribution in [0.3, 0.4) is 0 Å². The molecule has 1 aliphatic rings. The number of hydrogen-bond donors (Lipinski definition) is 2. The molecule has 3 aromatic rings. The van der Waals surface area contributed by atoms with Crippen LogP contribution in [0.15, 0.2) is 48.5 Å². The maximum absolute atomic E-state index is 3.72. The van der Waals surface area contributed by atoms with Crippen LogP contribution in [-0.4, -0.2) is 34.6 Å². The number of hydrogen-bond acceptors (Lipinski definition) is 3. The summed E-state index contributed by atoms with van der Waals surface area (Å²) >= 11 is 0.299. The van der Waals surface area contributed by atoms with E-state index in [0.717, 1.165) is 19.6 Å². The van der Waals surface area contributed by atoms with Crippen LogP contribution >= 0.6 is 0 Å². The van der Waals surface area contributed by atoms with Crippen molar-refractivity contribution in [2.75, 3.05) is 35.2 Å². The topological polar surface area (TPSA) is 27.3 Å². The van der Waals surface area contributed by atoms with Crippen molar-refractivity contribution < 1.29 is 12.4 Å². The number of anilines is 4. The molecule has 2 N–H and O–H groups in total. The van der Waals surface area contributed by atoms with E-state index >= 15 is 0 Å². The van der Waals surface area contributed by atoms with Gasteiger partial charge in [-0.1, -0.05) is 0 Å². The van der Waals surface area contributed by atoms with Gasteiger partial charge in [0.1, 0.15) is 0 Å². The first-order valence-corrected chi connectivity index (χ1v) is 11.1. The van der Waals surface area contributed by atoms with Crippen molar-refractivity contribution in [3.63, 3.8) is 0 Å². The van der Waals surface area contributed by atoms with Gasteiger partial charge in [-0.05, 0) is 0 Å². The molecule has 0 saturated heterocycles. The van der Waals surface area contributed by atoms with E-state index < -0.39 is 0 Å². The van der Waals surface area contributed by atoms with Crippen LogP contribution in [0.25, 0.3) is 10.8 Å². The first-order valence-electron chi connectivity index (χ1n) is 9.38. The molecule has 0 saturated carbocycles. The molecule has 1 radical (unpaired) electrons. The maximum atomic E-state index is 3.72. The Bertz CT molecular complexity index is 954. The Morgan fingerprint density at radius 1 is 0.926 bits per heavy atom. The number of nitrogens with one attached hydrogen (secondary N) is 2. The minimum Gasteiger partial charge on any atom is -1.00 e. The first-order chi connectivity index (χ1) is 12.7. The number of halogens is 1. The minimum absolute atomic E-state index is 0. The summed E-state index contributed by atoms with van der Waals surface area (Å²) in [5.74, 6) is 0. The zero-order valence-electron chi connectivity index (χ0n) is 16.0. The van der Waals surface area contributed by atoms with Crippen LogP contribution in [0.4, 0.5) is 22.7 Å². The molecule has 0 aromatic heterocycles. The largest absolute Gasteiger partial charge is 1.00 e. The van der Waals surface area contributed by atoms with E-state index in [1.54, 1.807) is 0 Å². The second kappa shape index (κ2) is 8.43. The van der Waals surface area contributed by atoms with Crippen LogP contribution in [0.5, 0.6) is 0 Å². The molecule has 3 aromatic carbocycles. The number of rotatable bonds is 5. The van der Waals surface area contributed by atoms with Crippen LogP contribution in [-0.2, 0) is 0 Å². The molecule has 27 heavy (non-hydrogen) atoms. The van der Waals surface area contributed by atoms with E-state index in [1.807, 2.05) is 0 Å². The molecule has 0 spiro atoms. The molecule has 5 heteroatoms. The summed E-state index contributed by atoms with van der Waals surface area (Å²) in [6, 6.07) is 17.9. The van der Waals surface area contributed by atoms with Gasteiger partial charge in [0.25, 0.3) is 0 Å². The quantitative estimate of drug-likeness (QED) is 0.446. The monoisotopic (exact) mass is 446 g/mol. The van der Waals surface area contributed by atoms with Crippen LogP contribution < -0.4 is 36.9 Å². The summed E-state index contributed by atoms with van der Waals surface area (Å²) in [5.41, 5.74) is 5.11. The van der Waals surface area contributed by atoms with Crippen molar-refractivity contribution in [2.45, 2.75) is 20.8 Å². The molecule has 141 valence electrons. The summed E-state index contributed by atoms with van der Waals surface area (Å²) in [6.07, 6.45) is 0. The molecule has 0 amide bonds. The fourth-order valence-corrected chi connectivity index (χ4v) is 5.91. The van der Waals surface area contributed by atoms with E-state index in [4.69, 9.17) is 0 Å². The van der Waals surface area contributed by atoms with Gasteiger partial charge in [0.2, 0.25) is 0 Å². The molecule has 3 nitrogen and oxygen atoms in total. The Hall–Kier alpha value is -1.87. The van der Waals surface area contributed by atoms with Crippen molar-refractivity contribution in [1.29, 1.82) is 0 Å². The number of nitrogens with zero attached hydrogens (tertiary/aromatic N) is 1. The Labute approximate surface area is 174 Å². The molecule has 0 atom stereocenters. The van der Waals surface area contributed by atoms with Crippen molar-refractivity contribution in [1.82, 2.24) is 0 Å². The van der Waals surface area contributed by atoms with Gasteiger partial charge in [-0.25, -0.2) is 0 Å². The van der Waals surface area contributed by atoms with Gasteiger partial charge in [-0.3, -0.25) is 0 Å². The van der Waals surface area contributed by atoms with Gasteiger partial charge >= 0.3 is 162 Å². The van der Waals surface area contributed by atoms with Crippen LogP contribution in [0, 0.1) is 0 Å². The van der Waals surface area contributed by atoms with Crippen LogP contribution in [0.2, 0.25) is 0 Å². The second-order valence-electron chi connectivity index (χ2n) is 6.45. The third kappa shape index (κ3) is 3.62. The van der Waals surface area contributed by atoms with Gasteiger partial charge in [0, 0.05) is 0 Å². The third-order valence-electron chi connectivity index (χ3n) is 4.95. The molecule has 4 rings (SSSR count). The van der Waals surface area contributed by atoms with Crippen molar-refractivity contribution in [3.8, 4) is 0 Å². The second-order valence-corrected chi connectivity index (χ2v) is 8.73. The SMILES string of the molecule is CCNc1cc2c(c3ccccc13)Nc1ccc(N(CC)CC)cc1[Se+]2.[Cl-]. The zero-order chi connectivity index (χ0) is 18.1. The fourth-order valence-electron chi connectivity index (χ4n) is 3.63. The van der Waals surface area contributed by atoms with Gasteiger partial charge in [-0.2, -0.15) is 0 Å². The fraction of sp³-hybridized carbons (Fsp3) is 0.273. The van der Waals surface area contributed by atoms with E-state index in [0.29, 0.717) is 15.0 Å². The summed E-state index contributed by atoms with van der Waals surface area (Å²) in [6.45, 7) is 9.62. The standard InChI is InChI=1S/C22H25N3Se.ClH/c1-4-23-19-14-21-22(17-10-8-7-9-16(17)19)24-18-12-11-15(13-20(18)26-21)25(5-2)6-3;/h7-14,23-24H,4-6H2,1-3H3;1H/q+1;/p-1. The molecular weight excluding hydrogens is 421 g/mol. The number of fused-ring (bicyclic) bond motifs is 4. The third-order valence-corrected chi connectivity index (χ3v) is 7.26. The van der Waals surface area contributed by atoms with Gasteiger partial charge in [0.15, 0.2) is 0 Å². The van der Waals surface area contributed by atoms with Gasteiger partial charge < -0.3 is 12.4 Å². The predicted molar refractivity (Wildman–Crippen MR) is 116 cm³/mol. The van der Waals surface area contributed by atoms with Crippen molar-refractivity contribution in [3.05, 3.63) is 48.5 Å². The van der Waals surface area contributed by atoms with Crippen molar-refractivity contribution >= 4 is 57.4 Å². The molecule has 0 aliphatic carbocycles. The van der Waals surface area contributed by atoms with Crippen molar-refractivity contribution in [2.24, 2.45) is 0 Å². The van der Waals surface area contributed by atoms with E-state index in [-0.39, 0.29) is 12.4 Å². The summed E-state index contributed by atoms with van der Waals surface area (Å²) in [5, 5.41) is 9.87. The Morgan fingerprint density at radius 3 is 2.37 bits per heavy atom.